The van der Waals surface area contributed by atoms with Gasteiger partial charge in [-0.25, -0.2) is 4.98 Å². The fourth-order valence-corrected chi connectivity index (χ4v) is 2.43. The van der Waals surface area contributed by atoms with Gasteiger partial charge in [0, 0.05) is 13.7 Å². The normalized spacial score (nSPS) is 23.6. The molecule has 1 aromatic rings. The molecule has 6 nitrogen and oxygen atoms in total. The summed E-state index contributed by atoms with van der Waals surface area (Å²) in [5.74, 6) is 0.0777. The summed E-state index contributed by atoms with van der Waals surface area (Å²) < 4.78 is 5.28. The molecule has 1 atom stereocenters. The second kappa shape index (κ2) is 4.50. The third-order valence-electron chi connectivity index (χ3n) is 2.71. The summed E-state index contributed by atoms with van der Waals surface area (Å²) in [4.78, 5) is 16.5. The van der Waals surface area contributed by atoms with Crippen LogP contribution in [0.2, 0.25) is 0 Å². The first-order chi connectivity index (χ1) is 8.04. The van der Waals surface area contributed by atoms with E-state index in [0.29, 0.717) is 23.2 Å². The number of rotatable bonds is 3. The summed E-state index contributed by atoms with van der Waals surface area (Å²) in [6, 6.07) is 0. The third-order valence-corrected chi connectivity index (χ3v) is 3.79. The maximum atomic E-state index is 12.1. The van der Waals surface area contributed by atoms with Gasteiger partial charge in [0.1, 0.15) is 10.7 Å². The molecule has 94 valence electrons. The summed E-state index contributed by atoms with van der Waals surface area (Å²) in [5.41, 5.74) is 5.40. The third kappa shape index (κ3) is 2.50. The van der Waals surface area contributed by atoms with E-state index < -0.39 is 0 Å². The number of nitrogens with two attached hydrogens (primary N) is 1. The predicted octanol–water partition coefficient (Wildman–Crippen LogP) is 0.676. The van der Waals surface area contributed by atoms with Crippen LogP contribution in [0.3, 0.4) is 0 Å². The number of ether oxygens (including phenoxy) is 1. The van der Waals surface area contributed by atoms with E-state index in [4.69, 9.17) is 10.5 Å². The molecule has 17 heavy (non-hydrogen) atoms. The minimum atomic E-state index is -0.298. The lowest BCUT2D eigenvalue weighted by Gasteiger charge is -2.22. The van der Waals surface area contributed by atoms with Gasteiger partial charge in [0.05, 0.1) is 12.1 Å². The predicted molar refractivity (Wildman–Crippen MR) is 67.4 cm³/mol. The molecule has 1 saturated heterocycles. The first-order valence-corrected chi connectivity index (χ1v) is 6.20. The largest absolute Gasteiger partial charge is 0.382 e. The van der Waals surface area contributed by atoms with E-state index in [2.05, 4.69) is 15.6 Å². The highest BCUT2D eigenvalue weighted by Crippen LogP contribution is 2.26. The molecule has 1 aliphatic heterocycles. The van der Waals surface area contributed by atoms with Crippen LogP contribution in [0, 0.1) is 0 Å². The number of hydrogen-bond donors (Lipinski definition) is 3. The van der Waals surface area contributed by atoms with Crippen molar-refractivity contribution in [3.05, 3.63) is 4.88 Å². The van der Waals surface area contributed by atoms with Crippen molar-refractivity contribution in [2.75, 3.05) is 31.3 Å². The minimum absolute atomic E-state index is 0.186. The first-order valence-electron chi connectivity index (χ1n) is 5.38. The van der Waals surface area contributed by atoms with Crippen molar-refractivity contribution in [3.8, 4) is 0 Å². The highest BCUT2D eigenvalue weighted by Gasteiger charge is 2.32. The lowest BCUT2D eigenvalue weighted by Crippen LogP contribution is -2.46. The van der Waals surface area contributed by atoms with Gasteiger partial charge in [0.2, 0.25) is 0 Å². The maximum absolute atomic E-state index is 12.1. The highest BCUT2D eigenvalue weighted by molar-refractivity contribution is 7.18. The van der Waals surface area contributed by atoms with Crippen molar-refractivity contribution in [1.82, 2.24) is 10.3 Å². The van der Waals surface area contributed by atoms with Crippen LogP contribution >= 0.6 is 11.3 Å². The molecular weight excluding hydrogens is 240 g/mol. The monoisotopic (exact) mass is 256 g/mol. The summed E-state index contributed by atoms with van der Waals surface area (Å²) in [5, 5.41) is 6.46. The molecule has 1 aromatic heterocycles. The minimum Gasteiger partial charge on any atom is -0.382 e. The number of nitrogens with one attached hydrogen (secondary N) is 2. The summed E-state index contributed by atoms with van der Waals surface area (Å²) in [7, 11) is 1.74. The number of nitrogens with zero attached hydrogens (tertiary/aromatic N) is 1. The molecular formula is C10H16N4O2S. The number of hydrogen-bond acceptors (Lipinski definition) is 6. The Balaban J connectivity index is 2.11. The van der Waals surface area contributed by atoms with Crippen LogP contribution in [-0.2, 0) is 4.74 Å². The van der Waals surface area contributed by atoms with Crippen molar-refractivity contribution >= 4 is 28.2 Å². The second-order valence-electron chi connectivity index (χ2n) is 4.30. The van der Waals surface area contributed by atoms with Gasteiger partial charge in [-0.2, -0.15) is 0 Å². The fourth-order valence-electron chi connectivity index (χ4n) is 1.70. The van der Waals surface area contributed by atoms with E-state index in [1.165, 1.54) is 11.3 Å². The van der Waals surface area contributed by atoms with Crippen molar-refractivity contribution in [2.24, 2.45) is 0 Å². The summed E-state index contributed by atoms with van der Waals surface area (Å²) >= 11 is 1.25. The highest BCUT2D eigenvalue weighted by atomic mass is 32.1. The number of nitrogen functional groups attached to an aromatic ring is 1. The molecule has 1 fully saturated rings. The molecule has 1 amide bonds. The lowest BCUT2D eigenvalue weighted by molar-refractivity contribution is 0.0894. The van der Waals surface area contributed by atoms with Crippen LogP contribution in [-0.4, -0.2) is 36.7 Å². The van der Waals surface area contributed by atoms with Gasteiger partial charge in [0.15, 0.2) is 5.13 Å². The Morgan fingerprint density at radius 1 is 1.65 bits per heavy atom. The Morgan fingerprint density at radius 2 is 2.41 bits per heavy atom. The lowest BCUT2D eigenvalue weighted by atomic mass is 10.0. The molecule has 1 unspecified atom stereocenters. The molecule has 2 heterocycles. The number of carbonyl (C=O) groups excluding carboxylic acids is 1. The zero-order chi connectivity index (χ0) is 12.5. The molecule has 0 radical (unpaired) electrons. The molecule has 0 aromatic carbocycles. The quantitative estimate of drug-likeness (QED) is 0.740. The Hall–Kier alpha value is -1.34. The van der Waals surface area contributed by atoms with E-state index in [1.807, 2.05) is 6.92 Å². The molecule has 1 aliphatic rings. The first kappa shape index (κ1) is 12.1. The van der Waals surface area contributed by atoms with Crippen molar-refractivity contribution in [3.63, 3.8) is 0 Å². The van der Waals surface area contributed by atoms with Crippen LogP contribution in [0.4, 0.5) is 10.9 Å². The SMILES string of the molecule is CNc1nc(N)c(C(=O)NC2(C)CCOC2)s1. The maximum Gasteiger partial charge on any atom is 0.265 e. The topological polar surface area (TPSA) is 89.3 Å². The molecule has 0 saturated carbocycles. The number of carbonyl (C=O) groups is 1. The van der Waals surface area contributed by atoms with E-state index >= 15 is 0 Å². The zero-order valence-corrected chi connectivity index (χ0v) is 10.7. The number of aromatic nitrogens is 1. The summed E-state index contributed by atoms with van der Waals surface area (Å²) in [6.45, 7) is 3.18. The molecule has 0 aliphatic carbocycles. The van der Waals surface area contributed by atoms with Crippen molar-refractivity contribution in [2.45, 2.75) is 18.9 Å². The van der Waals surface area contributed by atoms with Crippen LogP contribution in [0.5, 0.6) is 0 Å². The van der Waals surface area contributed by atoms with Gasteiger partial charge in [-0.05, 0) is 13.3 Å². The van der Waals surface area contributed by atoms with Crippen LogP contribution in [0.15, 0.2) is 0 Å². The van der Waals surface area contributed by atoms with Crippen LogP contribution < -0.4 is 16.4 Å². The summed E-state index contributed by atoms with van der Waals surface area (Å²) in [6.07, 6.45) is 0.816. The Kier molecular flexibility index (Phi) is 3.21. The van der Waals surface area contributed by atoms with Gasteiger partial charge in [-0.3, -0.25) is 4.79 Å². The van der Waals surface area contributed by atoms with Crippen molar-refractivity contribution in [1.29, 1.82) is 0 Å². The van der Waals surface area contributed by atoms with E-state index in [1.54, 1.807) is 7.05 Å². The fraction of sp³-hybridized carbons (Fsp3) is 0.600. The molecule has 0 spiro atoms. The molecule has 2 rings (SSSR count). The average Bonchev–Trinajstić information content (AvgIpc) is 2.85. The number of thiazole rings is 1. The van der Waals surface area contributed by atoms with E-state index in [-0.39, 0.29) is 17.3 Å². The molecule has 0 bridgehead atoms. The van der Waals surface area contributed by atoms with Crippen LogP contribution in [0.1, 0.15) is 23.0 Å². The Bertz CT molecular complexity index is 426. The Morgan fingerprint density at radius 3 is 2.94 bits per heavy atom. The molecule has 4 N–H and O–H groups in total. The Labute approximate surface area is 104 Å². The standard InChI is InChI=1S/C10H16N4O2S/c1-10(3-4-16-5-10)14-8(15)6-7(11)13-9(12-2)17-6/h3-5,11H2,1-2H3,(H,12,13)(H,14,15). The number of anilines is 2. The van der Waals surface area contributed by atoms with Gasteiger partial charge in [0.25, 0.3) is 5.91 Å². The van der Waals surface area contributed by atoms with Gasteiger partial charge >= 0.3 is 0 Å². The smallest absolute Gasteiger partial charge is 0.265 e. The van der Waals surface area contributed by atoms with E-state index in [9.17, 15) is 4.79 Å². The van der Waals surface area contributed by atoms with Gasteiger partial charge in [-0.15, -0.1) is 0 Å². The average molecular weight is 256 g/mol. The van der Waals surface area contributed by atoms with Crippen molar-refractivity contribution < 1.29 is 9.53 Å². The second-order valence-corrected chi connectivity index (χ2v) is 5.30. The zero-order valence-electron chi connectivity index (χ0n) is 9.87. The van der Waals surface area contributed by atoms with Gasteiger partial charge < -0.3 is 21.1 Å². The molecule has 7 heteroatoms. The van der Waals surface area contributed by atoms with Gasteiger partial charge in [-0.1, -0.05) is 11.3 Å². The van der Waals surface area contributed by atoms with E-state index in [0.717, 1.165) is 6.42 Å². The van der Waals surface area contributed by atoms with Crippen LogP contribution in [0.25, 0.3) is 0 Å². The number of amides is 1.